The molecule has 0 saturated heterocycles. The molecule has 0 spiro atoms. The molecule has 186 valence electrons. The van der Waals surface area contributed by atoms with Gasteiger partial charge in [0, 0.05) is 26.6 Å². The van der Waals surface area contributed by atoms with Crippen LogP contribution < -0.4 is 14.9 Å². The SMILES string of the molecule is CCOc1ccc2oc(C(=O)N/N=C/c3c(OCc4ccc(Cl)cc4Cl)ccc4ccccc34)cc2c1. The molecule has 5 rings (SSSR count). The summed E-state index contributed by atoms with van der Waals surface area (Å²) in [6.07, 6.45) is 1.56. The summed E-state index contributed by atoms with van der Waals surface area (Å²) in [4.78, 5) is 12.7. The van der Waals surface area contributed by atoms with Crippen LogP contribution in [0.3, 0.4) is 0 Å². The Morgan fingerprint density at radius 1 is 0.973 bits per heavy atom. The molecule has 0 bridgehead atoms. The second-order valence-corrected chi connectivity index (χ2v) is 9.01. The first kappa shape index (κ1) is 24.7. The molecule has 0 atom stereocenters. The van der Waals surface area contributed by atoms with Crippen molar-refractivity contribution in [1.82, 2.24) is 5.43 Å². The fourth-order valence-electron chi connectivity index (χ4n) is 3.93. The van der Waals surface area contributed by atoms with E-state index in [1.165, 1.54) is 0 Å². The van der Waals surface area contributed by atoms with E-state index < -0.39 is 5.91 Å². The van der Waals surface area contributed by atoms with Crippen molar-refractivity contribution in [1.29, 1.82) is 0 Å². The van der Waals surface area contributed by atoms with Crippen LogP contribution in [0.1, 0.15) is 28.6 Å². The van der Waals surface area contributed by atoms with E-state index in [1.807, 2.05) is 55.5 Å². The van der Waals surface area contributed by atoms with Gasteiger partial charge < -0.3 is 13.9 Å². The number of carbonyl (C=O) groups is 1. The molecule has 8 heteroatoms. The number of hydrogen-bond acceptors (Lipinski definition) is 5. The van der Waals surface area contributed by atoms with Crippen LogP contribution in [0.25, 0.3) is 21.7 Å². The van der Waals surface area contributed by atoms with Crippen molar-refractivity contribution in [2.24, 2.45) is 5.10 Å². The first-order valence-corrected chi connectivity index (χ1v) is 12.4. The number of benzene rings is 4. The van der Waals surface area contributed by atoms with E-state index in [1.54, 1.807) is 36.5 Å². The number of ether oxygens (including phenoxy) is 2. The summed E-state index contributed by atoms with van der Waals surface area (Å²) in [5.41, 5.74) is 4.65. The van der Waals surface area contributed by atoms with Crippen LogP contribution in [0.15, 0.2) is 88.4 Å². The Hall–Kier alpha value is -4.00. The lowest BCUT2D eigenvalue weighted by molar-refractivity contribution is 0.0929. The smallest absolute Gasteiger partial charge is 0.307 e. The standard InChI is InChI=1S/C29H22Cl2N2O4/c1-2-35-22-10-12-26-20(13-22)14-28(37-26)29(34)33-32-16-24-23-6-4-3-5-18(23)8-11-27(24)36-17-19-7-9-21(30)15-25(19)31/h3-16H,2,17H2,1H3,(H,33,34)/b32-16+. The van der Waals surface area contributed by atoms with Crippen molar-refractivity contribution in [3.8, 4) is 11.5 Å². The molecule has 6 nitrogen and oxygen atoms in total. The first-order chi connectivity index (χ1) is 18.0. The minimum atomic E-state index is -0.471. The second kappa shape index (κ2) is 10.9. The summed E-state index contributed by atoms with van der Waals surface area (Å²) in [6.45, 7) is 2.71. The van der Waals surface area contributed by atoms with Gasteiger partial charge >= 0.3 is 5.91 Å². The Morgan fingerprint density at radius 3 is 2.68 bits per heavy atom. The fraction of sp³-hybridized carbons (Fsp3) is 0.103. The predicted octanol–water partition coefficient (Wildman–Crippen LogP) is 7.63. The molecule has 0 aliphatic carbocycles. The molecule has 0 fully saturated rings. The van der Waals surface area contributed by atoms with Crippen molar-refractivity contribution >= 4 is 57.1 Å². The lowest BCUT2D eigenvalue weighted by Crippen LogP contribution is -2.16. The molecule has 0 unspecified atom stereocenters. The summed E-state index contributed by atoms with van der Waals surface area (Å²) >= 11 is 12.3. The van der Waals surface area contributed by atoms with Crippen molar-refractivity contribution < 1.29 is 18.7 Å². The van der Waals surface area contributed by atoms with Crippen LogP contribution in [0.4, 0.5) is 0 Å². The minimum absolute atomic E-state index is 0.146. The fourth-order valence-corrected chi connectivity index (χ4v) is 4.39. The Bertz CT molecular complexity index is 1630. The molecule has 0 saturated carbocycles. The van der Waals surface area contributed by atoms with Gasteiger partial charge in [-0.3, -0.25) is 4.79 Å². The monoisotopic (exact) mass is 532 g/mol. The number of halogens is 2. The van der Waals surface area contributed by atoms with Crippen molar-refractivity contribution in [3.05, 3.63) is 106 Å². The van der Waals surface area contributed by atoms with Crippen LogP contribution in [0.5, 0.6) is 11.5 Å². The molecule has 1 heterocycles. The maximum Gasteiger partial charge on any atom is 0.307 e. The molecular formula is C29H22Cl2N2O4. The minimum Gasteiger partial charge on any atom is -0.494 e. The summed E-state index contributed by atoms with van der Waals surface area (Å²) in [5.74, 6) is 0.979. The van der Waals surface area contributed by atoms with E-state index in [2.05, 4.69) is 10.5 Å². The highest BCUT2D eigenvalue weighted by Gasteiger charge is 2.13. The number of hydrazone groups is 1. The van der Waals surface area contributed by atoms with Crippen LogP contribution in [-0.4, -0.2) is 18.7 Å². The highest BCUT2D eigenvalue weighted by atomic mass is 35.5. The van der Waals surface area contributed by atoms with Gasteiger partial charge in [0.2, 0.25) is 0 Å². The maximum absolute atomic E-state index is 12.7. The molecule has 37 heavy (non-hydrogen) atoms. The number of hydrogen-bond donors (Lipinski definition) is 1. The number of rotatable bonds is 8. The zero-order chi connectivity index (χ0) is 25.8. The molecule has 1 amide bonds. The van der Waals surface area contributed by atoms with Gasteiger partial charge in [-0.2, -0.15) is 5.10 Å². The highest BCUT2D eigenvalue weighted by molar-refractivity contribution is 6.35. The van der Waals surface area contributed by atoms with Crippen LogP contribution in [-0.2, 0) is 6.61 Å². The van der Waals surface area contributed by atoms with Crippen molar-refractivity contribution in [3.63, 3.8) is 0 Å². The Labute approximate surface area is 223 Å². The second-order valence-electron chi connectivity index (χ2n) is 8.17. The molecule has 0 aliphatic rings. The Balaban J connectivity index is 1.37. The van der Waals surface area contributed by atoms with Crippen molar-refractivity contribution in [2.75, 3.05) is 6.61 Å². The van der Waals surface area contributed by atoms with Crippen molar-refractivity contribution in [2.45, 2.75) is 13.5 Å². The summed E-state index contributed by atoms with van der Waals surface area (Å²) < 4.78 is 17.3. The third kappa shape index (κ3) is 5.56. The van der Waals surface area contributed by atoms with Gasteiger partial charge in [-0.1, -0.05) is 59.6 Å². The Kier molecular flexibility index (Phi) is 7.30. The number of amides is 1. The molecule has 1 aromatic heterocycles. The zero-order valence-corrected chi connectivity index (χ0v) is 21.3. The summed E-state index contributed by atoms with van der Waals surface area (Å²) in [7, 11) is 0. The van der Waals surface area contributed by atoms with Gasteiger partial charge in [0.1, 0.15) is 23.7 Å². The topological polar surface area (TPSA) is 73.1 Å². The van der Waals surface area contributed by atoms with Gasteiger partial charge in [-0.05, 0) is 60.2 Å². The largest absolute Gasteiger partial charge is 0.494 e. The molecule has 1 N–H and O–H groups in total. The maximum atomic E-state index is 12.7. The molecule has 0 aliphatic heterocycles. The molecule has 0 radical (unpaired) electrons. The Morgan fingerprint density at radius 2 is 1.84 bits per heavy atom. The van der Waals surface area contributed by atoms with Gasteiger partial charge in [-0.15, -0.1) is 0 Å². The van der Waals surface area contributed by atoms with Crippen LogP contribution in [0, 0.1) is 0 Å². The number of fused-ring (bicyclic) bond motifs is 2. The number of nitrogens with zero attached hydrogens (tertiary/aromatic N) is 1. The van der Waals surface area contributed by atoms with Crippen LogP contribution in [0.2, 0.25) is 10.0 Å². The van der Waals surface area contributed by atoms with Gasteiger partial charge in [0.25, 0.3) is 0 Å². The summed E-state index contributed by atoms with van der Waals surface area (Å²) in [6, 6.07) is 24.0. The first-order valence-electron chi connectivity index (χ1n) is 11.6. The van der Waals surface area contributed by atoms with Crippen LogP contribution >= 0.6 is 23.2 Å². The van der Waals surface area contributed by atoms with E-state index in [0.29, 0.717) is 33.7 Å². The number of furan rings is 1. The van der Waals surface area contributed by atoms with Gasteiger partial charge in [0.05, 0.1) is 12.8 Å². The quantitative estimate of drug-likeness (QED) is 0.164. The van der Waals surface area contributed by atoms with Gasteiger partial charge in [0.15, 0.2) is 5.76 Å². The highest BCUT2D eigenvalue weighted by Crippen LogP contribution is 2.29. The number of carbonyl (C=O) groups excluding carboxylic acids is 1. The average molecular weight is 533 g/mol. The average Bonchev–Trinajstić information content (AvgIpc) is 3.33. The zero-order valence-electron chi connectivity index (χ0n) is 19.8. The number of nitrogens with one attached hydrogen (secondary N) is 1. The molecular weight excluding hydrogens is 511 g/mol. The van der Waals surface area contributed by atoms with E-state index in [-0.39, 0.29) is 12.4 Å². The molecule has 5 aromatic rings. The van der Waals surface area contributed by atoms with E-state index in [0.717, 1.165) is 27.3 Å². The lowest BCUT2D eigenvalue weighted by Gasteiger charge is -2.13. The lowest BCUT2D eigenvalue weighted by atomic mass is 10.0. The van der Waals surface area contributed by atoms with E-state index in [9.17, 15) is 4.79 Å². The van der Waals surface area contributed by atoms with E-state index >= 15 is 0 Å². The third-order valence-electron chi connectivity index (χ3n) is 5.71. The molecule has 4 aromatic carbocycles. The third-order valence-corrected chi connectivity index (χ3v) is 6.30. The summed E-state index contributed by atoms with van der Waals surface area (Å²) in [5, 5.41) is 7.98. The normalized spacial score (nSPS) is 11.3. The van der Waals surface area contributed by atoms with E-state index in [4.69, 9.17) is 37.1 Å². The van der Waals surface area contributed by atoms with Gasteiger partial charge in [-0.25, -0.2) is 5.43 Å². The predicted molar refractivity (Wildman–Crippen MR) is 147 cm³/mol.